The summed E-state index contributed by atoms with van der Waals surface area (Å²) in [7, 11) is 1.65. The van der Waals surface area contributed by atoms with Crippen molar-refractivity contribution < 1.29 is 4.74 Å². The first-order valence-electron chi connectivity index (χ1n) is 6.45. The summed E-state index contributed by atoms with van der Waals surface area (Å²) in [5.74, 6) is 2.91. The van der Waals surface area contributed by atoms with Crippen LogP contribution >= 0.6 is 23.4 Å². The number of pyridine rings is 1. The minimum Gasteiger partial charge on any atom is -0.497 e. The van der Waals surface area contributed by atoms with Gasteiger partial charge >= 0.3 is 0 Å². The maximum atomic E-state index is 6.25. The number of rotatable bonds is 6. The van der Waals surface area contributed by atoms with Crippen LogP contribution in [0.4, 0.5) is 0 Å². The molecule has 2 aromatic rings. The summed E-state index contributed by atoms with van der Waals surface area (Å²) < 4.78 is 5.20. The van der Waals surface area contributed by atoms with Gasteiger partial charge in [0.15, 0.2) is 0 Å². The Kier molecular flexibility index (Phi) is 5.34. The predicted octanol–water partition coefficient (Wildman–Crippen LogP) is 4.93. The molecule has 0 fully saturated rings. The van der Waals surface area contributed by atoms with Crippen LogP contribution in [0.5, 0.6) is 5.75 Å². The highest BCUT2D eigenvalue weighted by atomic mass is 35.5. The molecule has 19 heavy (non-hydrogen) atoms. The molecule has 0 N–H and O–H groups in total. The lowest BCUT2D eigenvalue weighted by atomic mass is 10.1. The quantitative estimate of drug-likeness (QED) is 0.557. The fraction of sp³-hybridized carbons (Fsp3) is 0.400. The Balaban J connectivity index is 2.19. The van der Waals surface area contributed by atoms with Gasteiger partial charge in [-0.15, -0.1) is 0 Å². The molecule has 0 saturated heterocycles. The molecule has 102 valence electrons. The van der Waals surface area contributed by atoms with Crippen molar-refractivity contribution in [3.63, 3.8) is 0 Å². The summed E-state index contributed by atoms with van der Waals surface area (Å²) in [6.45, 7) is 2.21. The van der Waals surface area contributed by atoms with Crippen LogP contribution in [0.1, 0.15) is 25.3 Å². The Morgan fingerprint density at radius 2 is 2.16 bits per heavy atom. The third-order valence-corrected chi connectivity index (χ3v) is 4.37. The second kappa shape index (κ2) is 7.01. The molecule has 0 aliphatic carbocycles. The van der Waals surface area contributed by atoms with Gasteiger partial charge in [0, 0.05) is 22.8 Å². The fourth-order valence-corrected chi connectivity index (χ4v) is 3.19. The average molecular weight is 296 g/mol. The molecule has 0 bridgehead atoms. The van der Waals surface area contributed by atoms with Crippen molar-refractivity contribution >= 4 is 34.3 Å². The van der Waals surface area contributed by atoms with Crippen LogP contribution in [-0.2, 0) is 5.75 Å². The van der Waals surface area contributed by atoms with Gasteiger partial charge in [0.2, 0.25) is 0 Å². The third kappa shape index (κ3) is 3.77. The molecule has 2 nitrogen and oxygen atoms in total. The zero-order chi connectivity index (χ0) is 13.7. The second-order valence-electron chi connectivity index (χ2n) is 4.40. The zero-order valence-corrected chi connectivity index (χ0v) is 12.9. The summed E-state index contributed by atoms with van der Waals surface area (Å²) >= 11 is 8.16. The first-order valence-corrected chi connectivity index (χ1v) is 7.98. The Morgan fingerprint density at radius 3 is 2.89 bits per heavy atom. The van der Waals surface area contributed by atoms with Gasteiger partial charge in [-0.1, -0.05) is 24.9 Å². The largest absolute Gasteiger partial charge is 0.497 e. The van der Waals surface area contributed by atoms with Gasteiger partial charge in [0.1, 0.15) is 10.9 Å². The van der Waals surface area contributed by atoms with Gasteiger partial charge in [-0.25, -0.2) is 4.98 Å². The first-order chi connectivity index (χ1) is 9.24. The second-order valence-corrected chi connectivity index (χ2v) is 5.87. The molecule has 0 aliphatic heterocycles. The van der Waals surface area contributed by atoms with E-state index in [1.54, 1.807) is 7.11 Å². The minimum absolute atomic E-state index is 0.602. The molecule has 1 heterocycles. The molecule has 2 rings (SSSR count). The van der Waals surface area contributed by atoms with Crippen LogP contribution < -0.4 is 4.74 Å². The molecule has 0 saturated carbocycles. The van der Waals surface area contributed by atoms with Crippen LogP contribution in [-0.4, -0.2) is 17.8 Å². The molecule has 1 aromatic carbocycles. The molecule has 1 aromatic heterocycles. The zero-order valence-electron chi connectivity index (χ0n) is 11.3. The van der Waals surface area contributed by atoms with Gasteiger partial charge in [-0.3, -0.25) is 0 Å². The lowest BCUT2D eigenvalue weighted by Gasteiger charge is -2.07. The van der Waals surface area contributed by atoms with Crippen LogP contribution in [0.15, 0.2) is 24.3 Å². The monoisotopic (exact) mass is 295 g/mol. The number of unbranched alkanes of at least 4 members (excludes halogenated alkanes) is 1. The molecule has 4 heteroatoms. The van der Waals surface area contributed by atoms with E-state index in [1.807, 2.05) is 30.0 Å². The summed E-state index contributed by atoms with van der Waals surface area (Å²) in [6.07, 6.45) is 2.48. The Labute approximate surface area is 123 Å². The van der Waals surface area contributed by atoms with Gasteiger partial charge in [-0.05, 0) is 30.4 Å². The average Bonchev–Trinajstić information content (AvgIpc) is 2.43. The number of nitrogens with zero attached hydrogens (tertiary/aromatic N) is 1. The molecule has 0 atom stereocenters. The number of hydrogen-bond donors (Lipinski definition) is 0. The number of fused-ring (bicyclic) bond motifs is 1. The van der Waals surface area contributed by atoms with E-state index in [-0.39, 0.29) is 0 Å². The SMILES string of the molecule is CCCCSCc1cc2ccc(OC)cc2nc1Cl. The number of aromatic nitrogens is 1. The van der Waals surface area contributed by atoms with Crippen LogP contribution in [0.3, 0.4) is 0 Å². The van der Waals surface area contributed by atoms with Crippen molar-refractivity contribution in [2.45, 2.75) is 25.5 Å². The molecule has 0 amide bonds. The van der Waals surface area contributed by atoms with Gasteiger partial charge in [0.25, 0.3) is 0 Å². The number of benzene rings is 1. The summed E-state index contributed by atoms with van der Waals surface area (Å²) in [5.41, 5.74) is 1.99. The highest BCUT2D eigenvalue weighted by Crippen LogP contribution is 2.26. The highest BCUT2D eigenvalue weighted by Gasteiger charge is 2.06. The standard InChI is InChI=1S/C15H18ClNOS/c1-3-4-7-19-10-12-8-11-5-6-13(18-2)9-14(11)17-15(12)16/h5-6,8-9H,3-4,7,10H2,1-2H3. The summed E-state index contributed by atoms with van der Waals surface area (Å²) in [5, 5.41) is 1.71. The van der Waals surface area contributed by atoms with Gasteiger partial charge in [0.05, 0.1) is 12.6 Å². The molecular weight excluding hydrogens is 278 g/mol. The lowest BCUT2D eigenvalue weighted by Crippen LogP contribution is -1.91. The van der Waals surface area contributed by atoms with Gasteiger partial charge in [-0.2, -0.15) is 11.8 Å². The first kappa shape index (κ1) is 14.5. The third-order valence-electron chi connectivity index (χ3n) is 2.95. The highest BCUT2D eigenvalue weighted by molar-refractivity contribution is 7.98. The van der Waals surface area contributed by atoms with E-state index < -0.39 is 0 Å². The Hall–Kier alpha value is -0.930. The van der Waals surface area contributed by atoms with Crippen LogP contribution in [0, 0.1) is 0 Å². The molecule has 0 radical (unpaired) electrons. The minimum atomic E-state index is 0.602. The van der Waals surface area contributed by atoms with E-state index >= 15 is 0 Å². The molecular formula is C15H18ClNOS. The van der Waals surface area contributed by atoms with Crippen molar-refractivity contribution in [1.82, 2.24) is 4.98 Å². The summed E-state index contributed by atoms with van der Waals surface area (Å²) in [6, 6.07) is 8.02. The van der Waals surface area contributed by atoms with Crippen LogP contribution in [0.2, 0.25) is 5.15 Å². The van der Waals surface area contributed by atoms with Crippen molar-refractivity contribution in [2.24, 2.45) is 0 Å². The van der Waals surface area contributed by atoms with Gasteiger partial charge < -0.3 is 4.74 Å². The maximum Gasteiger partial charge on any atom is 0.133 e. The van der Waals surface area contributed by atoms with Crippen LogP contribution in [0.25, 0.3) is 10.9 Å². The van der Waals surface area contributed by atoms with Crippen molar-refractivity contribution in [3.05, 3.63) is 35.0 Å². The molecule has 0 aliphatic rings. The summed E-state index contributed by atoms with van der Waals surface area (Å²) in [4.78, 5) is 4.46. The van der Waals surface area contributed by atoms with E-state index in [1.165, 1.54) is 18.6 Å². The van der Waals surface area contributed by atoms with E-state index in [0.29, 0.717) is 5.15 Å². The van der Waals surface area contributed by atoms with E-state index in [4.69, 9.17) is 16.3 Å². The number of hydrogen-bond acceptors (Lipinski definition) is 3. The van der Waals surface area contributed by atoms with E-state index in [2.05, 4.69) is 18.0 Å². The smallest absolute Gasteiger partial charge is 0.133 e. The number of halogens is 1. The lowest BCUT2D eigenvalue weighted by molar-refractivity contribution is 0.415. The van der Waals surface area contributed by atoms with Crippen molar-refractivity contribution in [1.29, 1.82) is 0 Å². The Morgan fingerprint density at radius 1 is 1.32 bits per heavy atom. The Bertz CT molecular complexity index is 559. The number of thioether (sulfide) groups is 1. The molecule has 0 unspecified atom stereocenters. The predicted molar refractivity (Wildman–Crippen MR) is 84.4 cm³/mol. The van der Waals surface area contributed by atoms with Crippen molar-refractivity contribution in [3.8, 4) is 5.75 Å². The number of ether oxygens (including phenoxy) is 1. The fourth-order valence-electron chi connectivity index (χ4n) is 1.82. The number of methoxy groups -OCH3 is 1. The maximum absolute atomic E-state index is 6.25. The van der Waals surface area contributed by atoms with Crippen molar-refractivity contribution in [2.75, 3.05) is 12.9 Å². The van der Waals surface area contributed by atoms with E-state index in [0.717, 1.165) is 28.0 Å². The van der Waals surface area contributed by atoms with E-state index in [9.17, 15) is 0 Å². The normalized spacial score (nSPS) is 10.9. The molecule has 0 spiro atoms. The topological polar surface area (TPSA) is 22.1 Å².